The molecule has 1 unspecified atom stereocenters. The van der Waals surface area contributed by atoms with Crippen molar-refractivity contribution >= 4 is 17.6 Å². The van der Waals surface area contributed by atoms with E-state index in [2.05, 4.69) is 20.9 Å². The van der Waals surface area contributed by atoms with E-state index in [1.807, 2.05) is 24.3 Å². The summed E-state index contributed by atoms with van der Waals surface area (Å²) >= 11 is 0. The summed E-state index contributed by atoms with van der Waals surface area (Å²) in [5, 5.41) is 9.42. The van der Waals surface area contributed by atoms with Crippen LogP contribution >= 0.6 is 0 Å². The number of ether oxygens (including phenoxy) is 1. The van der Waals surface area contributed by atoms with Crippen LogP contribution in [0.15, 0.2) is 53.5 Å². The lowest BCUT2D eigenvalue weighted by molar-refractivity contribution is -0.124. The molecule has 0 radical (unpaired) electrons. The average Bonchev–Trinajstić information content (AvgIpc) is 3.27. The van der Waals surface area contributed by atoms with Crippen LogP contribution in [0.3, 0.4) is 0 Å². The molecule has 6 nitrogen and oxygen atoms in total. The third-order valence-electron chi connectivity index (χ3n) is 4.72. The van der Waals surface area contributed by atoms with Crippen molar-refractivity contribution in [2.45, 2.75) is 31.9 Å². The Labute approximate surface area is 170 Å². The Hall–Kier alpha value is -2.93. The van der Waals surface area contributed by atoms with E-state index < -0.39 is 0 Å². The highest BCUT2D eigenvalue weighted by molar-refractivity contribution is 5.94. The van der Waals surface area contributed by atoms with Crippen LogP contribution in [-0.2, 0) is 22.5 Å². The van der Waals surface area contributed by atoms with Gasteiger partial charge in [0.2, 0.25) is 0 Å². The molecule has 29 heavy (non-hydrogen) atoms. The number of anilines is 1. The van der Waals surface area contributed by atoms with Crippen LogP contribution in [0.2, 0.25) is 0 Å². The van der Waals surface area contributed by atoms with Gasteiger partial charge in [-0.1, -0.05) is 24.3 Å². The molecule has 2 aromatic carbocycles. The van der Waals surface area contributed by atoms with E-state index in [0.717, 1.165) is 36.1 Å². The lowest BCUT2D eigenvalue weighted by Gasteiger charge is -2.14. The van der Waals surface area contributed by atoms with Gasteiger partial charge in [0, 0.05) is 32.4 Å². The number of hydrogen-bond donors (Lipinski definition) is 3. The minimum Gasteiger partial charge on any atom is -0.368 e. The van der Waals surface area contributed by atoms with E-state index in [-0.39, 0.29) is 17.8 Å². The Morgan fingerprint density at radius 2 is 2.00 bits per heavy atom. The maximum Gasteiger partial charge on any atom is 0.253 e. The number of carbonyl (C=O) groups is 1. The smallest absolute Gasteiger partial charge is 0.253 e. The molecule has 7 heteroatoms. The molecule has 154 valence electrons. The number of rotatable bonds is 7. The maximum absolute atomic E-state index is 13.0. The first-order chi connectivity index (χ1) is 14.1. The zero-order chi connectivity index (χ0) is 20.5. The number of hydrogen-bond acceptors (Lipinski definition) is 3. The van der Waals surface area contributed by atoms with Gasteiger partial charge in [-0.2, -0.15) is 0 Å². The van der Waals surface area contributed by atoms with Gasteiger partial charge in [0.1, 0.15) is 11.9 Å². The second kappa shape index (κ2) is 10.6. The topological polar surface area (TPSA) is 74.8 Å². The number of halogens is 1. The molecule has 0 bridgehead atoms. The highest BCUT2D eigenvalue weighted by atomic mass is 19.1. The van der Waals surface area contributed by atoms with Gasteiger partial charge in [-0.15, -0.1) is 0 Å². The molecule has 0 aliphatic carbocycles. The van der Waals surface area contributed by atoms with Crippen molar-refractivity contribution in [2.75, 3.05) is 25.5 Å². The predicted octanol–water partition coefficient (Wildman–Crippen LogP) is 2.85. The first-order valence-electron chi connectivity index (χ1n) is 9.84. The monoisotopic (exact) mass is 398 g/mol. The van der Waals surface area contributed by atoms with Crippen molar-refractivity contribution in [3.8, 4) is 0 Å². The number of amides is 1. The summed E-state index contributed by atoms with van der Waals surface area (Å²) < 4.78 is 18.4. The Balaban J connectivity index is 1.45. The Bertz CT molecular complexity index is 833. The van der Waals surface area contributed by atoms with Crippen molar-refractivity contribution in [2.24, 2.45) is 4.99 Å². The number of nitrogens with one attached hydrogen (secondary N) is 3. The van der Waals surface area contributed by atoms with Crippen LogP contribution < -0.4 is 16.0 Å². The largest absolute Gasteiger partial charge is 0.368 e. The van der Waals surface area contributed by atoms with E-state index in [0.29, 0.717) is 25.7 Å². The van der Waals surface area contributed by atoms with Crippen molar-refractivity contribution in [1.82, 2.24) is 10.6 Å². The van der Waals surface area contributed by atoms with E-state index in [4.69, 9.17) is 4.74 Å². The minimum atomic E-state index is -0.346. The summed E-state index contributed by atoms with van der Waals surface area (Å²) in [5.74, 6) is 0.361. The summed E-state index contributed by atoms with van der Waals surface area (Å²) in [6, 6.07) is 14.2. The zero-order valence-electron chi connectivity index (χ0n) is 16.6. The van der Waals surface area contributed by atoms with Gasteiger partial charge in [0.15, 0.2) is 5.96 Å². The van der Waals surface area contributed by atoms with E-state index >= 15 is 0 Å². The first-order valence-corrected chi connectivity index (χ1v) is 9.84. The molecule has 1 amide bonds. The van der Waals surface area contributed by atoms with E-state index in [1.165, 1.54) is 12.1 Å². The molecular formula is C22H27FN4O2. The summed E-state index contributed by atoms with van der Waals surface area (Å²) in [6.07, 6.45) is 2.12. The molecular weight excluding hydrogens is 371 g/mol. The molecule has 1 aliphatic heterocycles. The molecule has 1 heterocycles. The highest BCUT2D eigenvalue weighted by Gasteiger charge is 2.23. The van der Waals surface area contributed by atoms with Gasteiger partial charge < -0.3 is 20.7 Å². The van der Waals surface area contributed by atoms with E-state index in [1.54, 1.807) is 19.2 Å². The maximum atomic E-state index is 13.0. The van der Waals surface area contributed by atoms with Crippen molar-refractivity contribution in [1.29, 1.82) is 0 Å². The Kier molecular flexibility index (Phi) is 7.58. The van der Waals surface area contributed by atoms with Crippen LogP contribution in [0.5, 0.6) is 0 Å². The molecule has 0 aromatic heterocycles. The van der Waals surface area contributed by atoms with Crippen LogP contribution in [0.4, 0.5) is 10.1 Å². The summed E-state index contributed by atoms with van der Waals surface area (Å²) in [6.45, 7) is 1.90. The van der Waals surface area contributed by atoms with Gasteiger partial charge in [0.05, 0.1) is 0 Å². The van der Waals surface area contributed by atoms with Gasteiger partial charge in [-0.3, -0.25) is 9.79 Å². The van der Waals surface area contributed by atoms with Crippen LogP contribution in [0.25, 0.3) is 0 Å². The number of guanidine groups is 1. The van der Waals surface area contributed by atoms with Gasteiger partial charge >= 0.3 is 0 Å². The summed E-state index contributed by atoms with van der Waals surface area (Å²) in [5.41, 5.74) is 2.84. The van der Waals surface area contributed by atoms with Crippen molar-refractivity contribution in [3.05, 3.63) is 65.5 Å². The van der Waals surface area contributed by atoms with Crippen LogP contribution in [0.1, 0.15) is 24.0 Å². The molecule has 1 fully saturated rings. The molecule has 0 saturated carbocycles. The third-order valence-corrected chi connectivity index (χ3v) is 4.72. The molecule has 3 rings (SSSR count). The number of benzene rings is 2. The van der Waals surface area contributed by atoms with Gasteiger partial charge in [-0.05, 0) is 54.7 Å². The normalized spacial score (nSPS) is 16.5. The molecule has 2 aromatic rings. The fourth-order valence-corrected chi connectivity index (χ4v) is 3.15. The lowest BCUT2D eigenvalue weighted by Crippen LogP contribution is -2.37. The van der Waals surface area contributed by atoms with Crippen LogP contribution in [0, 0.1) is 5.82 Å². The summed E-state index contributed by atoms with van der Waals surface area (Å²) in [7, 11) is 1.71. The number of nitrogens with zero attached hydrogens (tertiary/aromatic N) is 1. The Morgan fingerprint density at radius 3 is 2.72 bits per heavy atom. The average molecular weight is 398 g/mol. The SMILES string of the molecule is CN=C(NCCc1ccc(F)cc1)NCc1cccc(NC(=O)C2CCCO2)c1. The molecule has 1 saturated heterocycles. The van der Waals surface area contributed by atoms with Gasteiger partial charge in [0.25, 0.3) is 5.91 Å². The van der Waals surface area contributed by atoms with E-state index in [9.17, 15) is 9.18 Å². The molecule has 0 spiro atoms. The summed E-state index contributed by atoms with van der Waals surface area (Å²) in [4.78, 5) is 16.4. The fourth-order valence-electron chi connectivity index (χ4n) is 3.15. The highest BCUT2D eigenvalue weighted by Crippen LogP contribution is 2.16. The van der Waals surface area contributed by atoms with Gasteiger partial charge in [-0.25, -0.2) is 4.39 Å². The third kappa shape index (κ3) is 6.57. The standard InChI is InChI=1S/C22H27FN4O2/c1-24-22(25-12-11-16-7-9-18(23)10-8-16)26-15-17-4-2-5-19(14-17)27-21(28)20-6-3-13-29-20/h2,4-5,7-10,14,20H,3,6,11-13,15H2,1H3,(H,27,28)(H2,24,25,26). The molecule has 3 N–H and O–H groups in total. The second-order valence-electron chi connectivity index (χ2n) is 6.92. The predicted molar refractivity (Wildman–Crippen MR) is 112 cm³/mol. The molecule has 1 aliphatic rings. The second-order valence-corrected chi connectivity index (χ2v) is 6.92. The van der Waals surface area contributed by atoms with Crippen molar-refractivity contribution < 1.29 is 13.9 Å². The fraction of sp³-hybridized carbons (Fsp3) is 0.364. The molecule has 1 atom stereocenters. The zero-order valence-corrected chi connectivity index (χ0v) is 16.6. The number of carbonyl (C=O) groups excluding carboxylic acids is 1. The quantitative estimate of drug-likeness (QED) is 0.495. The minimum absolute atomic E-state index is 0.0918. The number of aliphatic imine (C=N–C) groups is 1. The van der Waals surface area contributed by atoms with Crippen molar-refractivity contribution in [3.63, 3.8) is 0 Å². The lowest BCUT2D eigenvalue weighted by atomic mass is 10.1. The Morgan fingerprint density at radius 1 is 1.17 bits per heavy atom. The van der Waals surface area contributed by atoms with Crippen LogP contribution in [-0.4, -0.2) is 38.2 Å². The first kappa shape index (κ1) is 20.8.